The number of Topliss-reactive ketones (excluding diaryl/α,β-unsaturated/α-hetero) is 1. The molecule has 1 fully saturated rings. The molecule has 4 heteroatoms. The Bertz CT molecular complexity index is 344. The average Bonchev–Trinajstić information content (AvgIpc) is 2.52. The van der Waals surface area contributed by atoms with Gasteiger partial charge >= 0.3 is 6.16 Å². The van der Waals surface area contributed by atoms with E-state index in [0.717, 1.165) is 12.0 Å². The van der Waals surface area contributed by atoms with Crippen molar-refractivity contribution < 1.29 is 19.1 Å². The molecule has 0 aromatic heterocycles. The quantitative estimate of drug-likeness (QED) is 0.619. The van der Waals surface area contributed by atoms with Crippen molar-refractivity contribution in [2.45, 2.75) is 32.3 Å². The molecule has 2 aliphatic rings. The molecule has 0 saturated carbocycles. The zero-order valence-corrected chi connectivity index (χ0v) is 8.91. The van der Waals surface area contributed by atoms with Gasteiger partial charge in [-0.2, -0.15) is 0 Å². The van der Waals surface area contributed by atoms with Gasteiger partial charge in [0.05, 0.1) is 0 Å². The SMILES string of the molecule is CC1=CC[C@@H]([C@@]2(C)COC(=O)O2)CC1=O. The third kappa shape index (κ3) is 1.76. The maximum Gasteiger partial charge on any atom is 0.509 e. The smallest absolute Gasteiger partial charge is 0.430 e. The maximum absolute atomic E-state index is 11.5. The summed E-state index contributed by atoms with van der Waals surface area (Å²) in [6.45, 7) is 3.89. The minimum Gasteiger partial charge on any atom is -0.430 e. The zero-order chi connectivity index (χ0) is 11.1. The topological polar surface area (TPSA) is 52.6 Å². The summed E-state index contributed by atoms with van der Waals surface area (Å²) in [5.41, 5.74) is 0.171. The minimum atomic E-state index is -0.635. The monoisotopic (exact) mass is 210 g/mol. The molecule has 0 aromatic rings. The number of carbonyl (C=O) groups excluding carboxylic acids is 2. The van der Waals surface area contributed by atoms with Crippen LogP contribution in [-0.2, 0) is 14.3 Å². The van der Waals surface area contributed by atoms with Gasteiger partial charge in [0.15, 0.2) is 11.4 Å². The van der Waals surface area contributed by atoms with Gasteiger partial charge in [-0.05, 0) is 25.8 Å². The Labute approximate surface area is 88.2 Å². The van der Waals surface area contributed by atoms with Crippen molar-refractivity contribution in [3.8, 4) is 0 Å². The lowest BCUT2D eigenvalue weighted by molar-refractivity contribution is -0.119. The Hall–Kier alpha value is -1.32. The lowest BCUT2D eigenvalue weighted by Crippen LogP contribution is -2.39. The predicted molar refractivity (Wildman–Crippen MR) is 52.3 cm³/mol. The Morgan fingerprint density at radius 1 is 1.47 bits per heavy atom. The number of cyclic esters (lactones) is 2. The Morgan fingerprint density at radius 2 is 2.20 bits per heavy atom. The normalized spacial score (nSPS) is 35.9. The van der Waals surface area contributed by atoms with Crippen LogP contribution in [0.25, 0.3) is 0 Å². The van der Waals surface area contributed by atoms with E-state index in [-0.39, 0.29) is 18.3 Å². The zero-order valence-electron chi connectivity index (χ0n) is 8.91. The highest BCUT2D eigenvalue weighted by molar-refractivity contribution is 5.95. The van der Waals surface area contributed by atoms with E-state index in [1.54, 1.807) is 0 Å². The van der Waals surface area contributed by atoms with Crippen LogP contribution in [0.15, 0.2) is 11.6 Å². The molecule has 0 radical (unpaired) electrons. The second-order valence-corrected chi connectivity index (χ2v) is 4.40. The molecule has 0 spiro atoms. The summed E-state index contributed by atoms with van der Waals surface area (Å²) in [5, 5.41) is 0. The summed E-state index contributed by atoms with van der Waals surface area (Å²) >= 11 is 0. The van der Waals surface area contributed by atoms with Crippen LogP contribution in [0.5, 0.6) is 0 Å². The molecule has 1 aliphatic heterocycles. The molecule has 82 valence electrons. The van der Waals surface area contributed by atoms with Crippen LogP contribution in [0.3, 0.4) is 0 Å². The number of hydrogen-bond acceptors (Lipinski definition) is 4. The number of carbonyl (C=O) groups is 2. The highest BCUT2D eigenvalue weighted by Crippen LogP contribution is 2.36. The fourth-order valence-electron chi connectivity index (χ4n) is 2.02. The lowest BCUT2D eigenvalue weighted by Gasteiger charge is -2.31. The van der Waals surface area contributed by atoms with E-state index in [1.165, 1.54) is 0 Å². The second-order valence-electron chi connectivity index (χ2n) is 4.40. The molecule has 0 amide bonds. The Balaban J connectivity index is 2.13. The van der Waals surface area contributed by atoms with E-state index in [4.69, 9.17) is 9.47 Å². The first-order chi connectivity index (χ1) is 7.01. The predicted octanol–water partition coefficient (Wildman–Crippen LogP) is 1.84. The van der Waals surface area contributed by atoms with Crippen molar-refractivity contribution >= 4 is 11.9 Å². The van der Waals surface area contributed by atoms with Crippen molar-refractivity contribution in [2.75, 3.05) is 6.61 Å². The van der Waals surface area contributed by atoms with Gasteiger partial charge in [-0.25, -0.2) is 4.79 Å². The van der Waals surface area contributed by atoms with E-state index in [9.17, 15) is 9.59 Å². The van der Waals surface area contributed by atoms with Gasteiger partial charge in [0, 0.05) is 12.3 Å². The van der Waals surface area contributed by atoms with E-state index in [2.05, 4.69) is 0 Å². The van der Waals surface area contributed by atoms with E-state index in [0.29, 0.717) is 6.42 Å². The molecule has 0 bridgehead atoms. The number of ketones is 1. The van der Waals surface area contributed by atoms with Gasteiger partial charge in [-0.3, -0.25) is 4.79 Å². The highest BCUT2D eigenvalue weighted by Gasteiger charge is 2.45. The van der Waals surface area contributed by atoms with Gasteiger partial charge in [-0.1, -0.05) is 6.08 Å². The molecule has 1 heterocycles. The first-order valence-electron chi connectivity index (χ1n) is 5.07. The molecule has 0 N–H and O–H groups in total. The summed E-state index contributed by atoms with van der Waals surface area (Å²) < 4.78 is 9.92. The van der Waals surface area contributed by atoms with E-state index < -0.39 is 11.8 Å². The lowest BCUT2D eigenvalue weighted by atomic mass is 9.78. The summed E-state index contributed by atoms with van der Waals surface area (Å²) in [7, 11) is 0. The molecular formula is C11H14O4. The first kappa shape index (κ1) is 10.2. The molecule has 2 rings (SSSR count). The number of ether oxygens (including phenoxy) is 2. The Kier molecular flexibility index (Phi) is 2.29. The van der Waals surface area contributed by atoms with Crippen LogP contribution in [-0.4, -0.2) is 24.1 Å². The van der Waals surface area contributed by atoms with Crippen molar-refractivity contribution in [3.63, 3.8) is 0 Å². The summed E-state index contributed by atoms with van der Waals surface area (Å²) in [4.78, 5) is 22.4. The van der Waals surface area contributed by atoms with Crippen LogP contribution < -0.4 is 0 Å². The molecule has 2 atom stereocenters. The number of hydrogen-bond donors (Lipinski definition) is 0. The highest BCUT2D eigenvalue weighted by atomic mass is 16.8. The van der Waals surface area contributed by atoms with Gasteiger partial charge in [0.1, 0.15) is 6.61 Å². The fourth-order valence-corrected chi connectivity index (χ4v) is 2.02. The Morgan fingerprint density at radius 3 is 2.73 bits per heavy atom. The number of rotatable bonds is 1. The van der Waals surface area contributed by atoms with Crippen molar-refractivity contribution in [2.24, 2.45) is 5.92 Å². The summed E-state index contributed by atoms with van der Waals surface area (Å²) in [6.07, 6.45) is 2.49. The molecule has 0 aromatic carbocycles. The van der Waals surface area contributed by atoms with Crippen LogP contribution >= 0.6 is 0 Å². The summed E-state index contributed by atoms with van der Waals surface area (Å²) in [5.74, 6) is 0.176. The third-order valence-electron chi connectivity index (χ3n) is 3.24. The second kappa shape index (κ2) is 3.36. The largest absolute Gasteiger partial charge is 0.509 e. The standard InChI is InChI=1S/C11H14O4/c1-7-3-4-8(5-9(7)12)11(2)6-14-10(13)15-11/h3,8H,4-6H2,1-2H3/t8-,11-/m1/s1. The van der Waals surface area contributed by atoms with Crippen molar-refractivity contribution in [1.82, 2.24) is 0 Å². The molecule has 1 aliphatic carbocycles. The molecular weight excluding hydrogens is 196 g/mol. The number of allylic oxidation sites excluding steroid dienone is 2. The van der Waals surface area contributed by atoms with Crippen molar-refractivity contribution in [1.29, 1.82) is 0 Å². The fraction of sp³-hybridized carbons (Fsp3) is 0.636. The van der Waals surface area contributed by atoms with Crippen LogP contribution in [0.4, 0.5) is 4.79 Å². The molecule has 0 unspecified atom stereocenters. The minimum absolute atomic E-state index is 0.0418. The molecule has 1 saturated heterocycles. The molecule has 15 heavy (non-hydrogen) atoms. The first-order valence-corrected chi connectivity index (χ1v) is 5.07. The average molecular weight is 210 g/mol. The maximum atomic E-state index is 11.5. The van der Waals surface area contributed by atoms with Crippen LogP contribution in [0, 0.1) is 5.92 Å². The summed E-state index contributed by atoms with van der Waals surface area (Å²) in [6, 6.07) is 0. The van der Waals surface area contributed by atoms with Gasteiger partial charge in [0.25, 0.3) is 0 Å². The third-order valence-corrected chi connectivity index (χ3v) is 3.24. The van der Waals surface area contributed by atoms with Crippen LogP contribution in [0.1, 0.15) is 26.7 Å². The van der Waals surface area contributed by atoms with Crippen LogP contribution in [0.2, 0.25) is 0 Å². The van der Waals surface area contributed by atoms with Crippen molar-refractivity contribution in [3.05, 3.63) is 11.6 Å². The van der Waals surface area contributed by atoms with E-state index >= 15 is 0 Å². The van der Waals surface area contributed by atoms with Gasteiger partial charge in [-0.15, -0.1) is 0 Å². The van der Waals surface area contributed by atoms with Gasteiger partial charge < -0.3 is 9.47 Å². The molecule has 4 nitrogen and oxygen atoms in total. The van der Waals surface area contributed by atoms with Gasteiger partial charge in [0.2, 0.25) is 0 Å². The van der Waals surface area contributed by atoms with E-state index in [1.807, 2.05) is 19.9 Å².